The van der Waals surface area contributed by atoms with E-state index in [4.69, 9.17) is 4.74 Å². The van der Waals surface area contributed by atoms with E-state index in [0.29, 0.717) is 5.52 Å². The van der Waals surface area contributed by atoms with Crippen LogP contribution in [0.1, 0.15) is 24.5 Å². The summed E-state index contributed by atoms with van der Waals surface area (Å²) in [6.07, 6.45) is 1.33. The summed E-state index contributed by atoms with van der Waals surface area (Å²) in [5, 5.41) is 8.49. The lowest BCUT2D eigenvalue weighted by Crippen LogP contribution is -2.27. The molecule has 0 amide bonds. The average molecular weight is 277 g/mol. The second-order valence-electron chi connectivity index (χ2n) is 4.95. The normalized spacial score (nSPS) is 16.5. The third kappa shape index (κ3) is 2.16. The number of hydrogen-bond acceptors (Lipinski definition) is 4. The zero-order valence-electron chi connectivity index (χ0n) is 11.2. The maximum Gasteiger partial charge on any atom is 0.434 e. The minimum Gasteiger partial charge on any atom is -0.451 e. The van der Waals surface area contributed by atoms with Gasteiger partial charge in [-0.2, -0.15) is 9.78 Å². The number of nitrogens with zero attached hydrogens (tertiary/aromatic N) is 2. The van der Waals surface area contributed by atoms with Crippen LogP contribution in [0.2, 0.25) is 0 Å². The van der Waals surface area contributed by atoms with Crippen LogP contribution in [0.15, 0.2) is 18.2 Å². The van der Waals surface area contributed by atoms with Crippen molar-refractivity contribution in [3.05, 3.63) is 29.7 Å². The van der Waals surface area contributed by atoms with Crippen molar-refractivity contribution in [2.24, 2.45) is 0 Å². The summed E-state index contributed by atoms with van der Waals surface area (Å²) >= 11 is 0. The van der Waals surface area contributed by atoms with E-state index in [-0.39, 0.29) is 11.7 Å². The molecule has 106 valence electrons. The second kappa shape index (κ2) is 5.20. The van der Waals surface area contributed by atoms with Crippen LogP contribution in [0.3, 0.4) is 0 Å². The molecule has 1 aromatic carbocycles. The fourth-order valence-electron chi connectivity index (χ4n) is 2.73. The highest BCUT2D eigenvalue weighted by Gasteiger charge is 2.24. The highest BCUT2D eigenvalue weighted by Crippen LogP contribution is 2.31. The molecule has 6 heteroatoms. The van der Waals surface area contributed by atoms with Crippen LogP contribution < -0.4 is 5.32 Å². The van der Waals surface area contributed by atoms with Crippen molar-refractivity contribution in [2.75, 3.05) is 20.2 Å². The molecule has 2 heterocycles. The van der Waals surface area contributed by atoms with Crippen LogP contribution >= 0.6 is 0 Å². The van der Waals surface area contributed by atoms with E-state index < -0.39 is 6.09 Å². The number of methoxy groups -OCH3 is 1. The molecule has 0 unspecified atom stereocenters. The Balaban J connectivity index is 2.14. The zero-order chi connectivity index (χ0) is 14.1. The molecule has 20 heavy (non-hydrogen) atoms. The van der Waals surface area contributed by atoms with Gasteiger partial charge < -0.3 is 10.1 Å². The molecule has 0 aliphatic carbocycles. The smallest absolute Gasteiger partial charge is 0.434 e. The van der Waals surface area contributed by atoms with Crippen LogP contribution in [-0.4, -0.2) is 36.1 Å². The van der Waals surface area contributed by atoms with Gasteiger partial charge in [0.2, 0.25) is 0 Å². The summed E-state index contributed by atoms with van der Waals surface area (Å²) in [5.74, 6) is -0.102. The van der Waals surface area contributed by atoms with Crippen LogP contribution in [0.5, 0.6) is 0 Å². The largest absolute Gasteiger partial charge is 0.451 e. The van der Waals surface area contributed by atoms with Gasteiger partial charge in [-0.25, -0.2) is 9.18 Å². The zero-order valence-corrected chi connectivity index (χ0v) is 11.2. The van der Waals surface area contributed by atoms with E-state index in [0.717, 1.165) is 41.7 Å². The molecule has 0 radical (unpaired) electrons. The molecule has 1 N–H and O–H groups in total. The van der Waals surface area contributed by atoms with Crippen LogP contribution in [0.25, 0.3) is 10.9 Å². The first-order chi connectivity index (χ1) is 9.70. The molecular formula is C14H16FN3O2. The summed E-state index contributed by atoms with van der Waals surface area (Å²) in [7, 11) is 1.29. The molecular weight excluding hydrogens is 261 g/mol. The first-order valence-corrected chi connectivity index (χ1v) is 6.68. The number of fused-ring (bicyclic) bond motifs is 1. The van der Waals surface area contributed by atoms with Crippen molar-refractivity contribution in [1.82, 2.24) is 15.1 Å². The third-order valence-corrected chi connectivity index (χ3v) is 3.75. The van der Waals surface area contributed by atoms with Gasteiger partial charge in [-0.15, -0.1) is 0 Å². The third-order valence-electron chi connectivity index (χ3n) is 3.75. The highest BCUT2D eigenvalue weighted by atomic mass is 19.1. The maximum atomic E-state index is 13.4. The number of piperidine rings is 1. The van der Waals surface area contributed by atoms with E-state index in [9.17, 15) is 9.18 Å². The SMILES string of the molecule is COC(=O)n1nc(C2CCNCC2)c2ccc(F)cc21. The summed E-state index contributed by atoms with van der Waals surface area (Å²) < 4.78 is 19.3. The van der Waals surface area contributed by atoms with Crippen LogP contribution in [0.4, 0.5) is 9.18 Å². The molecule has 0 spiro atoms. The lowest BCUT2D eigenvalue weighted by molar-refractivity contribution is 0.170. The molecule has 2 aromatic rings. The number of nitrogens with one attached hydrogen (secondary N) is 1. The fraction of sp³-hybridized carbons (Fsp3) is 0.429. The number of benzene rings is 1. The highest BCUT2D eigenvalue weighted by molar-refractivity contribution is 5.90. The van der Waals surface area contributed by atoms with E-state index in [1.165, 1.54) is 19.2 Å². The maximum absolute atomic E-state index is 13.4. The Kier molecular flexibility index (Phi) is 3.40. The fourth-order valence-corrected chi connectivity index (χ4v) is 2.73. The molecule has 0 saturated carbocycles. The summed E-state index contributed by atoms with van der Waals surface area (Å²) in [4.78, 5) is 11.8. The van der Waals surface area contributed by atoms with Crippen molar-refractivity contribution in [3.63, 3.8) is 0 Å². The summed E-state index contributed by atoms with van der Waals surface area (Å²) in [5.41, 5.74) is 1.32. The van der Waals surface area contributed by atoms with Gasteiger partial charge >= 0.3 is 6.09 Å². The lowest BCUT2D eigenvalue weighted by atomic mass is 9.92. The summed E-state index contributed by atoms with van der Waals surface area (Å²) in [6, 6.07) is 4.41. The van der Waals surface area contributed by atoms with Crippen molar-refractivity contribution in [3.8, 4) is 0 Å². The first-order valence-electron chi connectivity index (χ1n) is 6.68. The monoisotopic (exact) mass is 277 g/mol. The molecule has 0 bridgehead atoms. The Morgan fingerprint density at radius 2 is 2.20 bits per heavy atom. The number of ether oxygens (including phenoxy) is 1. The second-order valence-corrected chi connectivity index (χ2v) is 4.95. The topological polar surface area (TPSA) is 56.2 Å². The quantitative estimate of drug-likeness (QED) is 0.868. The van der Waals surface area contributed by atoms with Crippen molar-refractivity contribution < 1.29 is 13.9 Å². The van der Waals surface area contributed by atoms with Crippen LogP contribution in [0, 0.1) is 5.82 Å². The van der Waals surface area contributed by atoms with E-state index >= 15 is 0 Å². The van der Waals surface area contributed by atoms with Gasteiger partial charge in [0.25, 0.3) is 0 Å². The predicted molar refractivity (Wildman–Crippen MR) is 72.3 cm³/mol. The number of rotatable bonds is 1. The van der Waals surface area contributed by atoms with Gasteiger partial charge in [-0.1, -0.05) is 0 Å². The average Bonchev–Trinajstić information content (AvgIpc) is 2.86. The Hall–Kier alpha value is -1.95. The molecule has 3 rings (SSSR count). The minimum atomic E-state index is -0.596. The molecule has 1 saturated heterocycles. The van der Waals surface area contributed by atoms with Gasteiger partial charge in [0, 0.05) is 17.4 Å². The number of halogens is 1. The van der Waals surface area contributed by atoms with Crippen molar-refractivity contribution >= 4 is 17.0 Å². The molecule has 1 aliphatic rings. The number of carbonyl (C=O) groups is 1. The van der Waals surface area contributed by atoms with E-state index in [2.05, 4.69) is 10.4 Å². The molecule has 1 aliphatic heterocycles. The Labute approximate surface area is 115 Å². The number of aromatic nitrogens is 2. The van der Waals surface area contributed by atoms with Crippen molar-refractivity contribution in [1.29, 1.82) is 0 Å². The van der Waals surface area contributed by atoms with Gasteiger partial charge in [-0.05, 0) is 38.1 Å². The number of hydrogen-bond donors (Lipinski definition) is 1. The minimum absolute atomic E-state index is 0.287. The summed E-state index contributed by atoms with van der Waals surface area (Å²) in [6.45, 7) is 1.86. The molecule has 5 nitrogen and oxygen atoms in total. The van der Waals surface area contributed by atoms with Gasteiger partial charge in [0.15, 0.2) is 0 Å². The Bertz CT molecular complexity index is 647. The van der Waals surface area contributed by atoms with Gasteiger partial charge in [0.05, 0.1) is 18.3 Å². The lowest BCUT2D eigenvalue weighted by Gasteiger charge is -2.21. The Morgan fingerprint density at radius 3 is 2.90 bits per heavy atom. The number of carbonyl (C=O) groups excluding carboxylic acids is 1. The van der Waals surface area contributed by atoms with E-state index in [1.807, 2.05) is 0 Å². The van der Waals surface area contributed by atoms with Crippen LogP contribution in [-0.2, 0) is 4.74 Å². The molecule has 0 atom stereocenters. The molecule has 1 fully saturated rings. The molecule has 1 aromatic heterocycles. The van der Waals surface area contributed by atoms with Crippen molar-refractivity contribution in [2.45, 2.75) is 18.8 Å². The van der Waals surface area contributed by atoms with Gasteiger partial charge in [0.1, 0.15) is 5.82 Å². The first kappa shape index (κ1) is 13.1. The predicted octanol–water partition coefficient (Wildman–Crippen LogP) is 2.26. The van der Waals surface area contributed by atoms with E-state index in [1.54, 1.807) is 6.07 Å². The van der Waals surface area contributed by atoms with Gasteiger partial charge in [-0.3, -0.25) is 0 Å². The Morgan fingerprint density at radius 1 is 1.45 bits per heavy atom. The standard InChI is InChI=1S/C14H16FN3O2/c1-20-14(19)18-12-8-10(15)2-3-11(12)13(17-18)9-4-6-16-7-5-9/h2-3,8-9,16H,4-7H2,1H3.